The molecular weight excluding hydrogens is 200 g/mol. The predicted octanol–water partition coefficient (Wildman–Crippen LogP) is 3.04. The first-order chi connectivity index (χ1) is 7.70. The zero-order valence-electron chi connectivity index (χ0n) is 9.69. The van der Waals surface area contributed by atoms with Gasteiger partial charge in [-0.1, -0.05) is 35.9 Å². The van der Waals surface area contributed by atoms with Crippen LogP contribution in [0.3, 0.4) is 0 Å². The van der Waals surface area contributed by atoms with Gasteiger partial charge in [-0.15, -0.1) is 0 Å². The van der Waals surface area contributed by atoms with E-state index in [9.17, 15) is 4.79 Å². The summed E-state index contributed by atoms with van der Waals surface area (Å²) in [5.74, 6) is -0.160. The largest absolute Gasteiger partial charge is 0.465 e. The van der Waals surface area contributed by atoms with Crippen molar-refractivity contribution < 1.29 is 9.53 Å². The molecule has 1 aromatic rings. The Morgan fingerprint density at radius 3 is 2.44 bits per heavy atom. The number of esters is 1. The van der Waals surface area contributed by atoms with Crippen molar-refractivity contribution in [2.45, 2.75) is 20.3 Å². The average Bonchev–Trinajstić information content (AvgIpc) is 2.66. The molecule has 2 nitrogen and oxygen atoms in total. The molecule has 0 N–H and O–H groups in total. The Bertz CT molecular complexity index is 414. The van der Waals surface area contributed by atoms with Crippen LogP contribution in [-0.2, 0) is 9.53 Å². The standard InChI is InChI=1S/C14H16O2/c1-10(2)13(11-6-4-3-5-7-11)12-8-9-16-14(12)15/h3-7,12H,8-9H2,1-2H3. The first-order valence-electron chi connectivity index (χ1n) is 5.59. The molecule has 0 spiro atoms. The number of ether oxygens (including phenoxy) is 1. The van der Waals surface area contributed by atoms with Crippen LogP contribution in [0.1, 0.15) is 25.8 Å². The highest BCUT2D eigenvalue weighted by Crippen LogP contribution is 2.33. The van der Waals surface area contributed by atoms with Crippen LogP contribution in [0, 0.1) is 5.92 Å². The lowest BCUT2D eigenvalue weighted by atomic mass is 9.88. The molecule has 2 rings (SSSR count). The summed E-state index contributed by atoms with van der Waals surface area (Å²) < 4.78 is 5.04. The lowest BCUT2D eigenvalue weighted by Crippen LogP contribution is -2.11. The molecular formula is C14H16O2. The molecule has 1 aliphatic heterocycles. The summed E-state index contributed by atoms with van der Waals surface area (Å²) in [5.41, 5.74) is 3.45. The van der Waals surface area contributed by atoms with E-state index < -0.39 is 0 Å². The molecule has 84 valence electrons. The Labute approximate surface area is 95.9 Å². The summed E-state index contributed by atoms with van der Waals surface area (Å²) in [6.45, 7) is 4.65. The van der Waals surface area contributed by atoms with Crippen LogP contribution < -0.4 is 0 Å². The van der Waals surface area contributed by atoms with Gasteiger partial charge in [-0.05, 0) is 31.4 Å². The SMILES string of the molecule is CC(C)=C(c1ccccc1)C1CCOC1=O. The minimum absolute atomic E-state index is 0.0765. The third-order valence-corrected chi connectivity index (χ3v) is 2.91. The van der Waals surface area contributed by atoms with E-state index in [1.54, 1.807) is 0 Å². The molecule has 0 saturated carbocycles. The van der Waals surface area contributed by atoms with Crippen molar-refractivity contribution >= 4 is 11.5 Å². The fraction of sp³-hybridized carbons (Fsp3) is 0.357. The fourth-order valence-electron chi connectivity index (χ4n) is 2.21. The minimum atomic E-state index is -0.0833. The van der Waals surface area contributed by atoms with Crippen LogP contribution in [0.4, 0.5) is 0 Å². The summed E-state index contributed by atoms with van der Waals surface area (Å²) in [4.78, 5) is 11.6. The van der Waals surface area contributed by atoms with E-state index in [0.29, 0.717) is 6.61 Å². The van der Waals surface area contributed by atoms with Gasteiger partial charge in [0.2, 0.25) is 0 Å². The second-order valence-corrected chi connectivity index (χ2v) is 4.29. The van der Waals surface area contributed by atoms with E-state index in [1.165, 1.54) is 5.57 Å². The maximum atomic E-state index is 11.6. The van der Waals surface area contributed by atoms with Gasteiger partial charge >= 0.3 is 5.97 Å². The van der Waals surface area contributed by atoms with E-state index in [1.807, 2.05) is 44.2 Å². The van der Waals surface area contributed by atoms with E-state index >= 15 is 0 Å². The monoisotopic (exact) mass is 216 g/mol. The number of hydrogen-bond donors (Lipinski definition) is 0. The molecule has 16 heavy (non-hydrogen) atoms. The predicted molar refractivity (Wildman–Crippen MR) is 63.8 cm³/mol. The zero-order chi connectivity index (χ0) is 11.5. The molecule has 0 amide bonds. The molecule has 1 heterocycles. The van der Waals surface area contributed by atoms with Gasteiger partial charge in [-0.25, -0.2) is 0 Å². The molecule has 2 heteroatoms. The molecule has 0 aliphatic carbocycles. The first-order valence-corrected chi connectivity index (χ1v) is 5.59. The van der Waals surface area contributed by atoms with Crippen molar-refractivity contribution in [2.75, 3.05) is 6.61 Å². The first kappa shape index (κ1) is 10.9. The number of allylic oxidation sites excluding steroid dienone is 1. The third kappa shape index (κ3) is 2.01. The van der Waals surface area contributed by atoms with Crippen molar-refractivity contribution in [3.63, 3.8) is 0 Å². The Morgan fingerprint density at radius 2 is 1.94 bits per heavy atom. The maximum Gasteiger partial charge on any atom is 0.313 e. The van der Waals surface area contributed by atoms with E-state index in [2.05, 4.69) is 0 Å². The molecule has 0 radical (unpaired) electrons. The topological polar surface area (TPSA) is 26.3 Å². The van der Waals surface area contributed by atoms with Crippen LogP contribution in [0.2, 0.25) is 0 Å². The Morgan fingerprint density at radius 1 is 1.25 bits per heavy atom. The molecule has 1 atom stereocenters. The van der Waals surface area contributed by atoms with E-state index in [4.69, 9.17) is 4.74 Å². The zero-order valence-corrected chi connectivity index (χ0v) is 9.69. The van der Waals surface area contributed by atoms with Gasteiger partial charge < -0.3 is 4.74 Å². The van der Waals surface area contributed by atoms with Crippen LogP contribution in [-0.4, -0.2) is 12.6 Å². The molecule has 1 unspecified atom stereocenters. The maximum absolute atomic E-state index is 11.6. The number of benzene rings is 1. The Kier molecular flexibility index (Phi) is 3.09. The highest BCUT2D eigenvalue weighted by molar-refractivity contribution is 5.90. The average molecular weight is 216 g/mol. The molecule has 0 bridgehead atoms. The van der Waals surface area contributed by atoms with Gasteiger partial charge in [0.1, 0.15) is 0 Å². The van der Waals surface area contributed by atoms with Gasteiger partial charge in [-0.3, -0.25) is 4.79 Å². The normalized spacial score (nSPS) is 19.4. The van der Waals surface area contributed by atoms with Crippen LogP contribution in [0.25, 0.3) is 5.57 Å². The lowest BCUT2D eigenvalue weighted by Gasteiger charge is -2.14. The Hall–Kier alpha value is -1.57. The fourth-order valence-corrected chi connectivity index (χ4v) is 2.21. The summed E-state index contributed by atoms with van der Waals surface area (Å²) >= 11 is 0. The van der Waals surface area contributed by atoms with Crippen molar-refractivity contribution in [2.24, 2.45) is 5.92 Å². The molecule has 1 fully saturated rings. The number of hydrogen-bond acceptors (Lipinski definition) is 2. The summed E-state index contributed by atoms with van der Waals surface area (Å²) in [6.07, 6.45) is 0.800. The smallest absolute Gasteiger partial charge is 0.313 e. The van der Waals surface area contributed by atoms with Crippen molar-refractivity contribution in [3.8, 4) is 0 Å². The van der Waals surface area contributed by atoms with Gasteiger partial charge in [0.25, 0.3) is 0 Å². The quantitative estimate of drug-likeness (QED) is 0.710. The second kappa shape index (κ2) is 4.52. The molecule has 1 aromatic carbocycles. The van der Waals surface area contributed by atoms with Crippen molar-refractivity contribution in [1.29, 1.82) is 0 Å². The van der Waals surface area contributed by atoms with Crippen LogP contribution in [0.15, 0.2) is 35.9 Å². The molecule has 1 aliphatic rings. The summed E-state index contributed by atoms with van der Waals surface area (Å²) in [7, 11) is 0. The number of carbonyl (C=O) groups excluding carboxylic acids is 1. The van der Waals surface area contributed by atoms with Crippen LogP contribution >= 0.6 is 0 Å². The van der Waals surface area contributed by atoms with E-state index in [0.717, 1.165) is 17.6 Å². The lowest BCUT2D eigenvalue weighted by molar-refractivity contribution is -0.139. The third-order valence-electron chi connectivity index (χ3n) is 2.91. The number of rotatable bonds is 2. The summed E-state index contributed by atoms with van der Waals surface area (Å²) in [6, 6.07) is 10.1. The number of cyclic esters (lactones) is 1. The highest BCUT2D eigenvalue weighted by Gasteiger charge is 2.31. The highest BCUT2D eigenvalue weighted by atomic mass is 16.5. The Balaban J connectivity index is 2.40. The van der Waals surface area contributed by atoms with Crippen molar-refractivity contribution in [3.05, 3.63) is 41.5 Å². The molecule has 0 aromatic heterocycles. The van der Waals surface area contributed by atoms with Gasteiger partial charge in [0.05, 0.1) is 12.5 Å². The van der Waals surface area contributed by atoms with Gasteiger partial charge in [-0.2, -0.15) is 0 Å². The van der Waals surface area contributed by atoms with E-state index in [-0.39, 0.29) is 11.9 Å². The van der Waals surface area contributed by atoms with Gasteiger partial charge in [0.15, 0.2) is 0 Å². The van der Waals surface area contributed by atoms with Crippen molar-refractivity contribution in [1.82, 2.24) is 0 Å². The summed E-state index contributed by atoms with van der Waals surface area (Å²) in [5, 5.41) is 0. The second-order valence-electron chi connectivity index (χ2n) is 4.29. The number of carbonyl (C=O) groups is 1. The molecule has 1 saturated heterocycles. The van der Waals surface area contributed by atoms with Gasteiger partial charge in [0, 0.05) is 0 Å². The van der Waals surface area contributed by atoms with Crippen LogP contribution in [0.5, 0.6) is 0 Å². The minimum Gasteiger partial charge on any atom is -0.465 e.